The molecule has 1 heterocycles. The Morgan fingerprint density at radius 1 is 1.39 bits per heavy atom. The highest BCUT2D eigenvalue weighted by atomic mass is 32.2. The zero-order valence-electron chi connectivity index (χ0n) is 10.9. The van der Waals surface area contributed by atoms with Gasteiger partial charge in [-0.25, -0.2) is 0 Å². The van der Waals surface area contributed by atoms with Crippen LogP contribution in [0.25, 0.3) is 10.9 Å². The van der Waals surface area contributed by atoms with E-state index < -0.39 is 0 Å². The molecule has 1 aromatic heterocycles. The number of aryl methyl sites for hydroxylation is 1. The minimum Gasteiger partial charge on any atom is -0.383 e. The van der Waals surface area contributed by atoms with Crippen LogP contribution >= 0.6 is 11.8 Å². The smallest absolute Gasteiger partial charge is 0.252 e. The van der Waals surface area contributed by atoms with Gasteiger partial charge in [-0.05, 0) is 12.3 Å². The molecule has 2 rings (SSSR count). The molecule has 3 nitrogen and oxygen atoms in total. The number of hydrogen-bond donors (Lipinski definition) is 1. The van der Waals surface area contributed by atoms with E-state index in [1.807, 2.05) is 36.0 Å². The van der Waals surface area contributed by atoms with Crippen LogP contribution in [0.4, 0.5) is 5.69 Å². The van der Waals surface area contributed by atoms with Gasteiger partial charge in [-0.1, -0.05) is 25.1 Å². The summed E-state index contributed by atoms with van der Waals surface area (Å²) in [5.74, 6) is 0. The summed E-state index contributed by atoms with van der Waals surface area (Å²) in [6, 6.07) is 9.64. The summed E-state index contributed by atoms with van der Waals surface area (Å²) in [7, 11) is 1.80. The minimum absolute atomic E-state index is 0.0213. The number of benzene rings is 1. The van der Waals surface area contributed by atoms with E-state index in [0.717, 1.165) is 23.1 Å². The van der Waals surface area contributed by atoms with E-state index in [4.69, 9.17) is 0 Å². The summed E-state index contributed by atoms with van der Waals surface area (Å²) >= 11 is 1.81. The first-order valence-corrected chi connectivity index (χ1v) is 7.27. The van der Waals surface area contributed by atoms with Gasteiger partial charge in [0.05, 0.1) is 5.52 Å². The minimum atomic E-state index is 0.0213. The Morgan fingerprint density at radius 2 is 2.11 bits per heavy atom. The lowest BCUT2D eigenvalue weighted by Gasteiger charge is -2.14. The van der Waals surface area contributed by atoms with Crippen molar-refractivity contribution in [2.75, 3.05) is 18.1 Å². The number of pyridine rings is 1. The lowest BCUT2D eigenvalue weighted by molar-refractivity contribution is 0.904. The zero-order chi connectivity index (χ0) is 13.1. The van der Waals surface area contributed by atoms with Crippen LogP contribution in [0.2, 0.25) is 0 Å². The number of nitrogens with one attached hydrogen (secondary N) is 1. The first-order chi connectivity index (χ1) is 8.63. The Morgan fingerprint density at radius 3 is 2.83 bits per heavy atom. The van der Waals surface area contributed by atoms with Crippen LogP contribution in [0.1, 0.15) is 6.92 Å². The van der Waals surface area contributed by atoms with Gasteiger partial charge in [0.25, 0.3) is 5.56 Å². The molecule has 1 unspecified atom stereocenters. The summed E-state index contributed by atoms with van der Waals surface area (Å²) in [4.78, 5) is 11.9. The summed E-state index contributed by atoms with van der Waals surface area (Å²) in [5, 5.41) is 4.98. The lowest BCUT2D eigenvalue weighted by Crippen LogP contribution is -2.19. The molecule has 0 saturated heterocycles. The molecule has 2 aromatic rings. The van der Waals surface area contributed by atoms with E-state index in [1.165, 1.54) is 0 Å². The van der Waals surface area contributed by atoms with Crippen molar-refractivity contribution in [1.29, 1.82) is 0 Å². The number of anilines is 1. The average Bonchev–Trinajstić information content (AvgIpc) is 2.41. The quantitative estimate of drug-likeness (QED) is 0.920. The van der Waals surface area contributed by atoms with Crippen molar-refractivity contribution >= 4 is 28.4 Å². The molecule has 96 valence electrons. The van der Waals surface area contributed by atoms with E-state index in [9.17, 15) is 4.79 Å². The van der Waals surface area contributed by atoms with Crippen LogP contribution in [0, 0.1) is 0 Å². The Balaban J connectivity index is 2.44. The van der Waals surface area contributed by atoms with Gasteiger partial charge in [0.15, 0.2) is 0 Å². The number of fused-ring (bicyclic) bond motifs is 1. The van der Waals surface area contributed by atoms with Gasteiger partial charge in [0.1, 0.15) is 0 Å². The summed E-state index contributed by atoms with van der Waals surface area (Å²) < 4.78 is 1.68. The molecule has 0 aliphatic carbocycles. The molecule has 1 N–H and O–H groups in total. The van der Waals surface area contributed by atoms with E-state index in [-0.39, 0.29) is 5.56 Å². The SMILES string of the molecule is CSC(C)CNc1cc(=O)n(C)c2ccccc12. The van der Waals surface area contributed by atoms with Crippen LogP contribution < -0.4 is 10.9 Å². The van der Waals surface area contributed by atoms with Crippen molar-refractivity contribution in [2.45, 2.75) is 12.2 Å². The fraction of sp³-hybridized carbons (Fsp3) is 0.357. The van der Waals surface area contributed by atoms with Gasteiger partial charge >= 0.3 is 0 Å². The fourth-order valence-electron chi connectivity index (χ4n) is 1.89. The Labute approximate surface area is 111 Å². The fourth-order valence-corrected chi connectivity index (χ4v) is 2.14. The molecule has 0 radical (unpaired) electrons. The molecule has 0 aliphatic heterocycles. The van der Waals surface area contributed by atoms with Crippen molar-refractivity contribution in [1.82, 2.24) is 4.57 Å². The van der Waals surface area contributed by atoms with Crippen molar-refractivity contribution in [3.05, 3.63) is 40.7 Å². The highest BCUT2D eigenvalue weighted by Crippen LogP contribution is 2.21. The second kappa shape index (κ2) is 5.48. The number of thioether (sulfide) groups is 1. The van der Waals surface area contributed by atoms with Crippen molar-refractivity contribution in [2.24, 2.45) is 7.05 Å². The third kappa shape index (κ3) is 2.53. The second-order valence-corrected chi connectivity index (χ2v) is 5.68. The monoisotopic (exact) mass is 262 g/mol. The van der Waals surface area contributed by atoms with Crippen LogP contribution in [0.5, 0.6) is 0 Å². The molecule has 4 heteroatoms. The molecule has 0 bridgehead atoms. The van der Waals surface area contributed by atoms with E-state index >= 15 is 0 Å². The molecule has 0 amide bonds. The third-order valence-corrected chi connectivity index (χ3v) is 4.11. The standard InChI is InChI=1S/C14H18N2OS/c1-10(18-3)9-15-12-8-14(17)16(2)13-7-5-4-6-11(12)13/h4-8,10,15H,9H2,1-3H3. The zero-order valence-corrected chi connectivity index (χ0v) is 11.8. The highest BCUT2D eigenvalue weighted by molar-refractivity contribution is 7.99. The lowest BCUT2D eigenvalue weighted by atomic mass is 10.2. The number of rotatable bonds is 4. The van der Waals surface area contributed by atoms with Gasteiger partial charge in [0.2, 0.25) is 0 Å². The van der Waals surface area contributed by atoms with Crippen molar-refractivity contribution < 1.29 is 0 Å². The summed E-state index contributed by atoms with van der Waals surface area (Å²) in [6.45, 7) is 3.03. The topological polar surface area (TPSA) is 34.0 Å². The van der Waals surface area contributed by atoms with Gasteiger partial charge in [-0.2, -0.15) is 11.8 Å². The molecule has 0 fully saturated rings. The predicted molar refractivity (Wildman–Crippen MR) is 80.7 cm³/mol. The maximum absolute atomic E-state index is 11.9. The van der Waals surface area contributed by atoms with Gasteiger partial charge in [-0.15, -0.1) is 0 Å². The van der Waals surface area contributed by atoms with Gasteiger partial charge in [0, 0.05) is 36.0 Å². The third-order valence-electron chi connectivity index (χ3n) is 3.14. The molecular weight excluding hydrogens is 244 g/mol. The van der Waals surface area contributed by atoms with Gasteiger partial charge < -0.3 is 9.88 Å². The Bertz CT molecular complexity index is 606. The van der Waals surface area contributed by atoms with Crippen LogP contribution in [-0.2, 0) is 7.05 Å². The predicted octanol–water partition coefficient (Wildman–Crippen LogP) is 2.70. The normalized spacial score (nSPS) is 12.6. The summed E-state index contributed by atoms with van der Waals surface area (Å²) in [5.41, 5.74) is 1.91. The van der Waals surface area contributed by atoms with Crippen LogP contribution in [0.3, 0.4) is 0 Å². The molecule has 1 atom stereocenters. The number of aromatic nitrogens is 1. The molecule has 0 saturated carbocycles. The number of nitrogens with zero attached hydrogens (tertiary/aromatic N) is 1. The number of para-hydroxylation sites is 1. The van der Waals surface area contributed by atoms with Crippen molar-refractivity contribution in [3.63, 3.8) is 0 Å². The largest absolute Gasteiger partial charge is 0.383 e. The Hall–Kier alpha value is -1.42. The highest BCUT2D eigenvalue weighted by Gasteiger charge is 2.06. The molecular formula is C14H18N2OS. The first-order valence-electron chi connectivity index (χ1n) is 5.99. The van der Waals surface area contributed by atoms with Gasteiger partial charge in [-0.3, -0.25) is 4.79 Å². The molecule has 1 aromatic carbocycles. The maximum Gasteiger partial charge on any atom is 0.252 e. The molecule has 0 spiro atoms. The van der Waals surface area contributed by atoms with Crippen molar-refractivity contribution in [3.8, 4) is 0 Å². The number of hydrogen-bond acceptors (Lipinski definition) is 3. The van der Waals surface area contributed by atoms with Crippen LogP contribution in [-0.4, -0.2) is 22.6 Å². The maximum atomic E-state index is 11.9. The van der Waals surface area contributed by atoms with Crippen LogP contribution in [0.15, 0.2) is 35.1 Å². The first kappa shape index (κ1) is 13.0. The second-order valence-electron chi connectivity index (χ2n) is 4.40. The molecule has 18 heavy (non-hydrogen) atoms. The molecule has 0 aliphatic rings. The van der Waals surface area contributed by atoms with E-state index in [1.54, 1.807) is 17.7 Å². The van der Waals surface area contributed by atoms with E-state index in [2.05, 4.69) is 18.5 Å². The Kier molecular flexibility index (Phi) is 3.97. The van der Waals surface area contributed by atoms with E-state index in [0.29, 0.717) is 5.25 Å². The summed E-state index contributed by atoms with van der Waals surface area (Å²) in [6.07, 6.45) is 2.09. The average molecular weight is 262 g/mol.